The number of rotatable bonds is 2. The van der Waals surface area contributed by atoms with Gasteiger partial charge in [0.1, 0.15) is 6.10 Å². The number of primary amides is 1. The normalized spacial score (nSPS) is 18.0. The molecule has 23 heavy (non-hydrogen) atoms. The summed E-state index contributed by atoms with van der Waals surface area (Å²) in [6.07, 6.45) is 1.98. The van der Waals surface area contributed by atoms with Crippen molar-refractivity contribution in [2.24, 2.45) is 5.73 Å². The monoisotopic (exact) mass is 377 g/mol. The van der Waals surface area contributed by atoms with Gasteiger partial charge in [-0.05, 0) is 37.1 Å². The van der Waals surface area contributed by atoms with Crippen LogP contribution in [0.4, 0.5) is 4.79 Å². The molecule has 0 saturated carbocycles. The van der Waals surface area contributed by atoms with Crippen LogP contribution in [-0.2, 0) is 4.74 Å². The lowest BCUT2D eigenvalue weighted by molar-refractivity contribution is 0.0374. The molecule has 6 nitrogen and oxygen atoms in total. The van der Waals surface area contributed by atoms with E-state index in [1.165, 1.54) is 0 Å². The molecule has 1 atom stereocenters. The average Bonchev–Trinajstić information content (AvgIpc) is 2.53. The van der Waals surface area contributed by atoms with Crippen LogP contribution in [0.3, 0.4) is 0 Å². The molecule has 0 bridgehead atoms. The first-order valence-corrected chi connectivity index (χ1v) is 8.13. The van der Waals surface area contributed by atoms with Crippen LogP contribution in [0, 0.1) is 0 Å². The number of fused-ring (bicyclic) bond motifs is 1. The van der Waals surface area contributed by atoms with E-state index in [2.05, 4.69) is 20.9 Å². The van der Waals surface area contributed by atoms with E-state index in [1.807, 2.05) is 18.2 Å². The molecule has 1 aliphatic heterocycles. The van der Waals surface area contributed by atoms with Crippen LogP contribution in [0.1, 0.15) is 23.2 Å². The summed E-state index contributed by atoms with van der Waals surface area (Å²) in [4.78, 5) is 29.8. The van der Waals surface area contributed by atoms with E-state index in [4.69, 9.17) is 10.5 Å². The quantitative estimate of drug-likeness (QED) is 0.871. The Labute approximate surface area is 141 Å². The van der Waals surface area contributed by atoms with Gasteiger partial charge in [0, 0.05) is 22.6 Å². The van der Waals surface area contributed by atoms with Crippen molar-refractivity contribution in [1.29, 1.82) is 0 Å². The molecule has 2 amide bonds. The number of carbonyl (C=O) groups excluding carboxylic acids is 2. The number of hydrogen-bond acceptors (Lipinski definition) is 4. The molecule has 2 heterocycles. The number of amides is 2. The zero-order chi connectivity index (χ0) is 16.4. The minimum absolute atomic E-state index is 0.0896. The van der Waals surface area contributed by atoms with E-state index >= 15 is 0 Å². The van der Waals surface area contributed by atoms with Crippen LogP contribution < -0.4 is 5.73 Å². The van der Waals surface area contributed by atoms with Crippen LogP contribution in [0.5, 0.6) is 0 Å². The molecule has 1 aromatic carbocycles. The van der Waals surface area contributed by atoms with Gasteiger partial charge in [0.2, 0.25) is 0 Å². The molecular formula is C16H16BrN3O3. The van der Waals surface area contributed by atoms with Crippen LogP contribution in [0.15, 0.2) is 34.9 Å². The Balaban J connectivity index is 1.88. The number of piperidine rings is 1. The Morgan fingerprint density at radius 3 is 2.96 bits per heavy atom. The van der Waals surface area contributed by atoms with Crippen LogP contribution >= 0.6 is 15.9 Å². The van der Waals surface area contributed by atoms with Crippen molar-refractivity contribution in [3.8, 4) is 0 Å². The number of carbonyl (C=O) groups is 2. The van der Waals surface area contributed by atoms with Crippen LogP contribution in [0.2, 0.25) is 0 Å². The SMILES string of the molecule is NC(=O)OC1CCCN(C(=O)c2ccnc3ccc(Br)cc23)C1. The largest absolute Gasteiger partial charge is 0.445 e. The van der Waals surface area contributed by atoms with Gasteiger partial charge in [-0.3, -0.25) is 9.78 Å². The average molecular weight is 378 g/mol. The highest BCUT2D eigenvalue weighted by molar-refractivity contribution is 9.10. The smallest absolute Gasteiger partial charge is 0.404 e. The second-order valence-corrected chi connectivity index (χ2v) is 6.39. The fourth-order valence-corrected chi connectivity index (χ4v) is 3.22. The van der Waals surface area contributed by atoms with Gasteiger partial charge in [-0.25, -0.2) is 4.79 Å². The highest BCUT2D eigenvalue weighted by atomic mass is 79.9. The molecular weight excluding hydrogens is 362 g/mol. The Morgan fingerprint density at radius 2 is 2.17 bits per heavy atom. The van der Waals surface area contributed by atoms with Crippen molar-refractivity contribution in [3.63, 3.8) is 0 Å². The molecule has 0 spiro atoms. The van der Waals surface area contributed by atoms with Crippen molar-refractivity contribution in [2.45, 2.75) is 18.9 Å². The summed E-state index contributed by atoms with van der Waals surface area (Å²) in [5, 5.41) is 0.796. The number of nitrogens with two attached hydrogens (primary N) is 1. The Bertz CT molecular complexity index is 765. The lowest BCUT2D eigenvalue weighted by Crippen LogP contribution is -2.44. The molecule has 120 valence electrons. The van der Waals surface area contributed by atoms with Crippen LogP contribution in [-0.4, -0.2) is 41.1 Å². The number of halogens is 1. The van der Waals surface area contributed by atoms with Crippen molar-refractivity contribution in [2.75, 3.05) is 13.1 Å². The molecule has 0 aliphatic carbocycles. The van der Waals surface area contributed by atoms with Gasteiger partial charge in [-0.15, -0.1) is 0 Å². The van der Waals surface area contributed by atoms with E-state index < -0.39 is 6.09 Å². The first-order chi connectivity index (χ1) is 11.0. The summed E-state index contributed by atoms with van der Waals surface area (Å²) in [7, 11) is 0. The molecule has 1 saturated heterocycles. The molecule has 2 N–H and O–H groups in total. The zero-order valence-electron chi connectivity index (χ0n) is 12.4. The third kappa shape index (κ3) is 3.44. The van der Waals surface area contributed by atoms with Crippen molar-refractivity contribution in [1.82, 2.24) is 9.88 Å². The van der Waals surface area contributed by atoms with Gasteiger partial charge in [-0.2, -0.15) is 0 Å². The fraction of sp³-hybridized carbons (Fsp3) is 0.312. The molecule has 3 rings (SSSR count). The first-order valence-electron chi connectivity index (χ1n) is 7.34. The molecule has 2 aromatic rings. The van der Waals surface area contributed by atoms with Crippen LogP contribution in [0.25, 0.3) is 10.9 Å². The number of benzene rings is 1. The maximum atomic E-state index is 12.9. The van der Waals surface area contributed by atoms with Gasteiger partial charge >= 0.3 is 6.09 Å². The summed E-state index contributed by atoms with van der Waals surface area (Å²) in [5.74, 6) is -0.0896. The lowest BCUT2D eigenvalue weighted by atomic mass is 10.0. The summed E-state index contributed by atoms with van der Waals surface area (Å²) in [6.45, 7) is 0.995. The summed E-state index contributed by atoms with van der Waals surface area (Å²) >= 11 is 3.42. The van der Waals surface area contributed by atoms with Gasteiger partial charge < -0.3 is 15.4 Å². The number of aromatic nitrogens is 1. The van der Waals surface area contributed by atoms with Gasteiger partial charge in [-0.1, -0.05) is 15.9 Å². The molecule has 1 unspecified atom stereocenters. The van der Waals surface area contributed by atoms with Gasteiger partial charge in [0.25, 0.3) is 5.91 Å². The number of ether oxygens (including phenoxy) is 1. The van der Waals surface area contributed by atoms with Crippen molar-refractivity contribution >= 4 is 38.8 Å². The van der Waals surface area contributed by atoms with Gasteiger partial charge in [0.05, 0.1) is 17.6 Å². The van der Waals surface area contributed by atoms with E-state index in [0.29, 0.717) is 18.7 Å². The van der Waals surface area contributed by atoms with E-state index in [-0.39, 0.29) is 12.0 Å². The predicted octanol–water partition coefficient (Wildman–Crippen LogP) is 2.70. The third-order valence-corrected chi connectivity index (χ3v) is 4.38. The minimum atomic E-state index is -0.803. The molecule has 1 fully saturated rings. The Morgan fingerprint density at radius 1 is 1.35 bits per heavy atom. The summed E-state index contributed by atoms with van der Waals surface area (Å²) < 4.78 is 5.93. The molecule has 0 radical (unpaired) electrons. The summed E-state index contributed by atoms with van der Waals surface area (Å²) in [5.41, 5.74) is 6.43. The molecule has 7 heteroatoms. The van der Waals surface area contributed by atoms with Crippen molar-refractivity contribution < 1.29 is 14.3 Å². The number of hydrogen-bond donors (Lipinski definition) is 1. The van der Waals surface area contributed by atoms with E-state index in [1.54, 1.807) is 17.2 Å². The first kappa shape index (κ1) is 15.7. The molecule has 1 aromatic heterocycles. The third-order valence-electron chi connectivity index (χ3n) is 3.88. The Hall–Kier alpha value is -2.15. The fourth-order valence-electron chi connectivity index (χ4n) is 2.86. The maximum Gasteiger partial charge on any atom is 0.404 e. The van der Waals surface area contributed by atoms with Gasteiger partial charge in [0.15, 0.2) is 0 Å². The number of pyridine rings is 1. The minimum Gasteiger partial charge on any atom is -0.445 e. The Kier molecular flexibility index (Phi) is 4.47. The predicted molar refractivity (Wildman–Crippen MR) is 89.0 cm³/mol. The van der Waals surface area contributed by atoms with Crippen molar-refractivity contribution in [3.05, 3.63) is 40.5 Å². The second kappa shape index (κ2) is 6.54. The highest BCUT2D eigenvalue weighted by Crippen LogP contribution is 2.24. The van der Waals surface area contributed by atoms with E-state index in [9.17, 15) is 9.59 Å². The number of likely N-dealkylation sites (tertiary alicyclic amines) is 1. The standard InChI is InChI=1S/C16H16BrN3O3/c17-10-3-4-14-13(8-10)12(5-6-19-14)15(21)20-7-1-2-11(9-20)23-16(18)22/h3-6,8,11H,1-2,7,9H2,(H2,18,22). The maximum absolute atomic E-state index is 12.9. The number of nitrogens with zero attached hydrogens (tertiary/aromatic N) is 2. The second-order valence-electron chi connectivity index (χ2n) is 5.47. The molecule has 1 aliphatic rings. The lowest BCUT2D eigenvalue weighted by Gasteiger charge is -2.32. The van der Waals surface area contributed by atoms with E-state index in [0.717, 1.165) is 28.2 Å². The highest BCUT2D eigenvalue weighted by Gasteiger charge is 2.27. The summed E-state index contributed by atoms with van der Waals surface area (Å²) in [6, 6.07) is 7.36. The topological polar surface area (TPSA) is 85.5 Å². The zero-order valence-corrected chi connectivity index (χ0v) is 14.0.